The summed E-state index contributed by atoms with van der Waals surface area (Å²) < 4.78 is 34.6. The lowest BCUT2D eigenvalue weighted by Gasteiger charge is -2.28. The van der Waals surface area contributed by atoms with Crippen molar-refractivity contribution in [2.75, 3.05) is 13.0 Å². The number of rotatable bonds is 7. The van der Waals surface area contributed by atoms with Gasteiger partial charge in [-0.1, -0.05) is 12.1 Å². The van der Waals surface area contributed by atoms with Crippen LogP contribution in [0, 0.1) is 0 Å². The van der Waals surface area contributed by atoms with E-state index in [1.807, 2.05) is 19.9 Å². The molecule has 0 bridgehead atoms. The number of fused-ring (bicyclic) bond motifs is 1. The summed E-state index contributed by atoms with van der Waals surface area (Å²) in [6.07, 6.45) is 2.73. The molecule has 166 valence electrons. The van der Waals surface area contributed by atoms with Crippen molar-refractivity contribution >= 4 is 33.0 Å². The second-order valence-electron chi connectivity index (χ2n) is 8.72. The predicted octanol–water partition coefficient (Wildman–Crippen LogP) is 2.68. The molecule has 3 N–H and O–H groups in total. The first kappa shape index (κ1) is 23.7. The normalized spacial score (nSPS) is 12.6. The molecular formula is C20H29N3O6S. The second kappa shape index (κ2) is 8.65. The summed E-state index contributed by atoms with van der Waals surface area (Å²) >= 11 is 0. The number of hydrogen-bond acceptors (Lipinski definition) is 6. The molecule has 0 fully saturated rings. The number of nitrogens with one attached hydrogen (secondary N) is 3. The Balaban J connectivity index is 2.16. The van der Waals surface area contributed by atoms with Crippen LogP contribution < -0.4 is 10.0 Å². The number of amides is 1. The maximum Gasteiger partial charge on any atom is 0.408 e. The van der Waals surface area contributed by atoms with Crippen LogP contribution in [-0.2, 0) is 25.9 Å². The number of carbonyl (C=O) groups excluding carboxylic acids is 2. The van der Waals surface area contributed by atoms with Crippen LogP contribution >= 0.6 is 0 Å². The van der Waals surface area contributed by atoms with Gasteiger partial charge in [0.15, 0.2) is 6.73 Å². The summed E-state index contributed by atoms with van der Waals surface area (Å²) in [6, 6.07) is 5.17. The molecule has 0 aliphatic heterocycles. The summed E-state index contributed by atoms with van der Waals surface area (Å²) in [5.41, 5.74) is 0.557. The molecule has 9 nitrogen and oxygen atoms in total. The first-order valence-electron chi connectivity index (χ1n) is 9.39. The van der Waals surface area contributed by atoms with E-state index in [1.165, 1.54) is 0 Å². The third-order valence-corrected chi connectivity index (χ3v) is 4.66. The van der Waals surface area contributed by atoms with Crippen LogP contribution in [0.3, 0.4) is 0 Å². The fourth-order valence-electron chi connectivity index (χ4n) is 2.91. The van der Waals surface area contributed by atoms with Crippen molar-refractivity contribution in [3.05, 3.63) is 35.5 Å². The zero-order valence-corrected chi connectivity index (χ0v) is 18.9. The molecule has 0 aliphatic rings. The summed E-state index contributed by atoms with van der Waals surface area (Å²) in [6.45, 7) is 8.70. The zero-order chi connectivity index (χ0) is 22.7. The topological polar surface area (TPSA) is 127 Å². The summed E-state index contributed by atoms with van der Waals surface area (Å²) in [5.74, 6) is -0.656. The van der Waals surface area contributed by atoms with Crippen LogP contribution in [-0.4, -0.2) is 49.6 Å². The molecule has 0 spiro atoms. The van der Waals surface area contributed by atoms with Gasteiger partial charge in [0.25, 0.3) is 0 Å². The van der Waals surface area contributed by atoms with Crippen LogP contribution in [0.5, 0.6) is 0 Å². The molecule has 0 unspecified atom stereocenters. The van der Waals surface area contributed by atoms with E-state index in [1.54, 1.807) is 39.1 Å². The Morgan fingerprint density at radius 3 is 2.40 bits per heavy atom. The number of hydrogen-bond donors (Lipinski definition) is 3. The van der Waals surface area contributed by atoms with E-state index in [4.69, 9.17) is 9.47 Å². The predicted molar refractivity (Wildman–Crippen MR) is 114 cm³/mol. The van der Waals surface area contributed by atoms with E-state index in [0.717, 1.165) is 17.2 Å². The molecule has 0 saturated carbocycles. The number of para-hydroxylation sites is 1. The van der Waals surface area contributed by atoms with E-state index in [9.17, 15) is 18.0 Å². The first-order chi connectivity index (χ1) is 13.7. The molecule has 2 rings (SSSR count). The Bertz CT molecular complexity index is 1030. The van der Waals surface area contributed by atoms with Crippen LogP contribution in [0.1, 0.15) is 50.5 Å². The fraction of sp³-hybridized carbons (Fsp3) is 0.500. The van der Waals surface area contributed by atoms with Gasteiger partial charge in [0.05, 0.1) is 17.3 Å². The van der Waals surface area contributed by atoms with Gasteiger partial charge in [0.2, 0.25) is 10.0 Å². The molecule has 1 heterocycles. The Morgan fingerprint density at radius 2 is 1.80 bits per heavy atom. The van der Waals surface area contributed by atoms with E-state index in [0.29, 0.717) is 11.9 Å². The van der Waals surface area contributed by atoms with Crippen LogP contribution in [0.2, 0.25) is 0 Å². The summed E-state index contributed by atoms with van der Waals surface area (Å²) in [5, 5.41) is 3.67. The number of sulfonamides is 1. The standard InChI is InChI=1S/C20H29N3O6S/c1-19(2,3)29-18(25)23-20(4,5)10-13-11-21-16-14(13)8-7-9-15(16)17(24)28-12-22-30(6,26)27/h7-9,11,21-22H,10,12H2,1-6H3,(H,23,25). The maximum atomic E-state index is 12.4. The number of ether oxygens (including phenoxy) is 2. The highest BCUT2D eigenvalue weighted by Crippen LogP contribution is 2.26. The number of alkyl carbamates (subject to hydrolysis) is 1. The van der Waals surface area contributed by atoms with Gasteiger partial charge in [-0.15, -0.1) is 0 Å². The average molecular weight is 440 g/mol. The minimum atomic E-state index is -3.46. The number of benzene rings is 1. The molecule has 10 heteroatoms. The van der Waals surface area contributed by atoms with Crippen molar-refractivity contribution in [1.29, 1.82) is 0 Å². The largest absolute Gasteiger partial charge is 0.445 e. The maximum absolute atomic E-state index is 12.4. The Morgan fingerprint density at radius 1 is 1.13 bits per heavy atom. The fourth-order valence-corrected chi connectivity index (χ4v) is 3.18. The molecular weight excluding hydrogens is 410 g/mol. The van der Waals surface area contributed by atoms with Crippen molar-refractivity contribution in [2.45, 2.75) is 52.2 Å². The van der Waals surface area contributed by atoms with E-state index in [2.05, 4.69) is 15.0 Å². The van der Waals surface area contributed by atoms with Crippen molar-refractivity contribution in [3.8, 4) is 0 Å². The van der Waals surface area contributed by atoms with Gasteiger partial charge in [-0.3, -0.25) is 0 Å². The Hall–Kier alpha value is -2.59. The Kier molecular flexibility index (Phi) is 6.83. The number of carbonyl (C=O) groups is 2. The quantitative estimate of drug-likeness (QED) is 0.450. The minimum absolute atomic E-state index is 0.284. The number of H-pyrrole nitrogens is 1. The Labute approximate surface area is 176 Å². The van der Waals surface area contributed by atoms with Crippen molar-refractivity contribution < 1.29 is 27.5 Å². The molecule has 0 radical (unpaired) electrons. The highest BCUT2D eigenvalue weighted by Gasteiger charge is 2.26. The lowest BCUT2D eigenvalue weighted by Crippen LogP contribution is -2.47. The lowest BCUT2D eigenvalue weighted by molar-refractivity contribution is 0.0468. The van der Waals surface area contributed by atoms with E-state index < -0.39 is 40.0 Å². The third kappa shape index (κ3) is 7.03. The monoisotopic (exact) mass is 439 g/mol. The lowest BCUT2D eigenvalue weighted by atomic mass is 9.94. The second-order valence-corrected chi connectivity index (χ2v) is 10.6. The van der Waals surface area contributed by atoms with Gasteiger partial charge in [-0.25, -0.2) is 18.0 Å². The van der Waals surface area contributed by atoms with Crippen molar-refractivity contribution in [3.63, 3.8) is 0 Å². The molecule has 2 aromatic rings. The van der Waals surface area contributed by atoms with Gasteiger partial charge in [-0.05, 0) is 52.7 Å². The first-order valence-corrected chi connectivity index (χ1v) is 11.3. The minimum Gasteiger partial charge on any atom is -0.445 e. The van der Waals surface area contributed by atoms with Gasteiger partial charge >= 0.3 is 12.1 Å². The van der Waals surface area contributed by atoms with E-state index >= 15 is 0 Å². The van der Waals surface area contributed by atoms with Gasteiger partial charge in [-0.2, -0.15) is 4.72 Å². The molecule has 30 heavy (non-hydrogen) atoms. The molecule has 1 aromatic carbocycles. The van der Waals surface area contributed by atoms with Crippen LogP contribution in [0.15, 0.2) is 24.4 Å². The molecule has 0 atom stereocenters. The molecule has 0 aliphatic carbocycles. The number of aromatic nitrogens is 1. The zero-order valence-electron chi connectivity index (χ0n) is 18.1. The SMILES string of the molecule is CC(C)(Cc1c[nH]c2c(C(=O)OCNS(C)(=O)=O)cccc12)NC(=O)OC(C)(C)C. The number of aromatic amines is 1. The third-order valence-electron chi connectivity index (χ3n) is 4.02. The highest BCUT2D eigenvalue weighted by atomic mass is 32.2. The van der Waals surface area contributed by atoms with Gasteiger partial charge in [0.1, 0.15) is 5.60 Å². The summed E-state index contributed by atoms with van der Waals surface area (Å²) in [4.78, 5) is 27.6. The molecule has 0 saturated heterocycles. The van der Waals surface area contributed by atoms with Gasteiger partial charge in [0, 0.05) is 17.1 Å². The van der Waals surface area contributed by atoms with Crippen molar-refractivity contribution in [1.82, 2.24) is 15.0 Å². The summed E-state index contributed by atoms with van der Waals surface area (Å²) in [7, 11) is -3.46. The highest BCUT2D eigenvalue weighted by molar-refractivity contribution is 7.88. The van der Waals surface area contributed by atoms with Gasteiger partial charge < -0.3 is 19.8 Å². The van der Waals surface area contributed by atoms with Crippen LogP contribution in [0.25, 0.3) is 10.9 Å². The van der Waals surface area contributed by atoms with E-state index in [-0.39, 0.29) is 5.56 Å². The molecule has 1 amide bonds. The number of esters is 1. The van der Waals surface area contributed by atoms with Crippen LogP contribution in [0.4, 0.5) is 4.79 Å². The molecule has 1 aromatic heterocycles. The van der Waals surface area contributed by atoms with Crippen molar-refractivity contribution in [2.24, 2.45) is 0 Å². The smallest absolute Gasteiger partial charge is 0.408 e. The average Bonchev–Trinajstić information content (AvgIpc) is 2.93.